The summed E-state index contributed by atoms with van der Waals surface area (Å²) >= 11 is 0. The monoisotopic (exact) mass is 398 g/mol. The van der Waals surface area contributed by atoms with E-state index in [1.165, 1.54) is 19.0 Å². The van der Waals surface area contributed by atoms with Gasteiger partial charge in [-0.15, -0.1) is 0 Å². The Morgan fingerprint density at radius 1 is 1.21 bits per heavy atom. The summed E-state index contributed by atoms with van der Waals surface area (Å²) < 4.78 is 5.10. The number of hydrogen-bond acceptors (Lipinski definition) is 5. The molecule has 0 unspecified atom stereocenters. The van der Waals surface area contributed by atoms with Crippen molar-refractivity contribution in [3.8, 4) is 0 Å². The van der Waals surface area contributed by atoms with Crippen LogP contribution in [0.1, 0.15) is 64.6 Å². The van der Waals surface area contributed by atoms with Crippen LogP contribution >= 0.6 is 0 Å². The number of likely N-dealkylation sites (tertiary alicyclic amines) is 1. The third kappa shape index (κ3) is 3.83. The zero-order valence-electron chi connectivity index (χ0n) is 16.6. The largest absolute Gasteiger partial charge is 0.438 e. The number of pyridine rings is 1. The third-order valence-corrected chi connectivity index (χ3v) is 6.03. The van der Waals surface area contributed by atoms with Crippen molar-refractivity contribution in [1.82, 2.24) is 19.8 Å². The molecule has 0 radical (unpaired) electrons. The van der Waals surface area contributed by atoms with Gasteiger partial charge in [-0.25, -0.2) is 4.98 Å². The van der Waals surface area contributed by atoms with E-state index in [9.17, 15) is 14.4 Å². The van der Waals surface area contributed by atoms with Crippen molar-refractivity contribution in [1.29, 1.82) is 0 Å². The molecule has 0 saturated carbocycles. The van der Waals surface area contributed by atoms with Gasteiger partial charge in [-0.2, -0.15) is 0 Å². The van der Waals surface area contributed by atoms with E-state index in [1.807, 2.05) is 4.90 Å². The molecule has 4 rings (SSSR count). The van der Waals surface area contributed by atoms with Crippen LogP contribution in [0, 0.1) is 5.92 Å². The van der Waals surface area contributed by atoms with E-state index in [1.54, 1.807) is 11.1 Å². The Hall–Kier alpha value is -2.90. The maximum atomic E-state index is 13.2. The topological polar surface area (TPSA) is 99.5 Å². The number of nitrogens with one attached hydrogen (secondary N) is 1. The van der Waals surface area contributed by atoms with Crippen LogP contribution < -0.4 is 5.56 Å². The van der Waals surface area contributed by atoms with E-state index < -0.39 is 0 Å². The Balaban J connectivity index is 1.53. The van der Waals surface area contributed by atoms with E-state index in [0.717, 1.165) is 30.4 Å². The number of amides is 2. The molecule has 2 aliphatic heterocycles. The fraction of sp³-hybridized carbons (Fsp3) is 0.524. The van der Waals surface area contributed by atoms with Gasteiger partial charge in [-0.3, -0.25) is 14.4 Å². The summed E-state index contributed by atoms with van der Waals surface area (Å²) in [5.41, 5.74) is 1.45. The lowest BCUT2D eigenvalue weighted by Gasteiger charge is -2.33. The van der Waals surface area contributed by atoms with Crippen LogP contribution in [0.25, 0.3) is 0 Å². The van der Waals surface area contributed by atoms with Crippen molar-refractivity contribution in [3.05, 3.63) is 51.6 Å². The summed E-state index contributed by atoms with van der Waals surface area (Å²) in [5, 5.41) is 0. The molecule has 2 amide bonds. The number of hydrogen-bond donors (Lipinski definition) is 1. The van der Waals surface area contributed by atoms with Crippen molar-refractivity contribution in [3.63, 3.8) is 0 Å². The highest BCUT2D eigenvalue weighted by Crippen LogP contribution is 2.25. The van der Waals surface area contributed by atoms with Crippen molar-refractivity contribution in [2.45, 2.75) is 45.6 Å². The zero-order chi connectivity index (χ0) is 20.4. The summed E-state index contributed by atoms with van der Waals surface area (Å²) in [6.45, 7) is 4.33. The number of aromatic nitrogens is 2. The van der Waals surface area contributed by atoms with E-state index in [0.29, 0.717) is 38.5 Å². The van der Waals surface area contributed by atoms with Crippen molar-refractivity contribution >= 4 is 11.8 Å². The van der Waals surface area contributed by atoms with Gasteiger partial charge >= 0.3 is 0 Å². The number of carbonyl (C=O) groups excluding carboxylic acids is 2. The second kappa shape index (κ2) is 8.23. The molecule has 0 bridgehead atoms. The number of H-pyrrole nitrogens is 1. The fourth-order valence-corrected chi connectivity index (χ4v) is 4.44. The number of carbonyl (C=O) groups is 2. The summed E-state index contributed by atoms with van der Waals surface area (Å²) in [5.74, 6) is 0.421. The van der Waals surface area contributed by atoms with Gasteiger partial charge in [0.05, 0.1) is 6.20 Å². The molecule has 0 aromatic carbocycles. The summed E-state index contributed by atoms with van der Waals surface area (Å²) in [6.07, 6.45) is 9.03. The molecule has 0 aliphatic carbocycles. The van der Waals surface area contributed by atoms with Gasteiger partial charge in [0.15, 0.2) is 6.39 Å². The minimum absolute atomic E-state index is 0.184. The third-order valence-electron chi connectivity index (χ3n) is 6.03. The number of aromatic amines is 1. The molecule has 29 heavy (non-hydrogen) atoms. The van der Waals surface area contributed by atoms with Gasteiger partial charge in [-0.1, -0.05) is 19.8 Å². The van der Waals surface area contributed by atoms with Crippen LogP contribution in [0.15, 0.2) is 28.0 Å². The molecular formula is C21H26N4O4. The number of nitrogens with zero attached hydrogens (tertiary/aromatic N) is 3. The van der Waals surface area contributed by atoms with Crippen LogP contribution in [0.2, 0.25) is 0 Å². The zero-order valence-corrected chi connectivity index (χ0v) is 16.6. The molecule has 1 saturated heterocycles. The first-order valence-electron chi connectivity index (χ1n) is 10.3. The maximum absolute atomic E-state index is 13.2. The van der Waals surface area contributed by atoms with Gasteiger partial charge in [0.25, 0.3) is 17.4 Å². The SMILES string of the molecule is CCCC1CCN(C(=O)c2c3c(c[nH]c2=O)CN(C(=O)c2cnco2)CC3)CC1. The highest BCUT2D eigenvalue weighted by molar-refractivity contribution is 5.96. The second-order valence-electron chi connectivity index (χ2n) is 7.86. The Labute approximate surface area is 168 Å². The summed E-state index contributed by atoms with van der Waals surface area (Å²) in [7, 11) is 0. The van der Waals surface area contributed by atoms with Gasteiger partial charge in [0.1, 0.15) is 5.56 Å². The van der Waals surface area contributed by atoms with E-state index >= 15 is 0 Å². The van der Waals surface area contributed by atoms with Crippen molar-refractivity contribution in [2.75, 3.05) is 19.6 Å². The first-order chi connectivity index (χ1) is 14.1. The maximum Gasteiger partial charge on any atom is 0.291 e. The van der Waals surface area contributed by atoms with Crippen LogP contribution in [0.4, 0.5) is 0 Å². The number of oxazole rings is 1. The van der Waals surface area contributed by atoms with Gasteiger partial charge < -0.3 is 19.2 Å². The molecule has 1 N–H and O–H groups in total. The highest BCUT2D eigenvalue weighted by Gasteiger charge is 2.31. The molecule has 8 nitrogen and oxygen atoms in total. The van der Waals surface area contributed by atoms with Crippen LogP contribution in [0.3, 0.4) is 0 Å². The molecule has 0 atom stereocenters. The molecule has 8 heteroatoms. The fourth-order valence-electron chi connectivity index (χ4n) is 4.44. The minimum Gasteiger partial charge on any atom is -0.438 e. The van der Waals surface area contributed by atoms with E-state index in [2.05, 4.69) is 16.9 Å². The first kappa shape index (κ1) is 19.4. The van der Waals surface area contributed by atoms with Gasteiger partial charge in [0.2, 0.25) is 5.76 Å². The number of rotatable bonds is 4. The Kier molecular flexibility index (Phi) is 5.51. The second-order valence-corrected chi connectivity index (χ2v) is 7.86. The summed E-state index contributed by atoms with van der Waals surface area (Å²) in [6, 6.07) is 0. The van der Waals surface area contributed by atoms with Crippen LogP contribution in [-0.4, -0.2) is 51.2 Å². The van der Waals surface area contributed by atoms with E-state index in [4.69, 9.17) is 4.42 Å². The molecule has 154 valence electrons. The molecule has 2 aromatic heterocycles. The molecule has 2 aromatic rings. The standard InChI is InChI=1S/C21H26N4O4/c1-2-3-14-4-7-24(8-5-14)21(28)18-16-6-9-25(12-15(16)10-23-19(18)26)20(27)17-11-22-13-29-17/h10-11,13-14H,2-9,12H2,1H3,(H,23,26). The normalized spacial score (nSPS) is 17.3. The minimum atomic E-state index is -0.348. The smallest absolute Gasteiger partial charge is 0.291 e. The van der Waals surface area contributed by atoms with Crippen molar-refractivity contribution in [2.24, 2.45) is 5.92 Å². The summed E-state index contributed by atoms with van der Waals surface area (Å²) in [4.78, 5) is 48.2. The molecular weight excluding hydrogens is 372 g/mol. The Morgan fingerprint density at radius 3 is 2.69 bits per heavy atom. The average Bonchev–Trinajstić information content (AvgIpc) is 3.28. The predicted molar refractivity (Wildman–Crippen MR) is 106 cm³/mol. The molecule has 4 heterocycles. The molecule has 1 fully saturated rings. The van der Waals surface area contributed by atoms with E-state index in [-0.39, 0.29) is 28.7 Å². The lowest BCUT2D eigenvalue weighted by molar-refractivity contribution is 0.0680. The Bertz CT molecular complexity index is 942. The molecule has 0 spiro atoms. The highest BCUT2D eigenvalue weighted by atomic mass is 16.3. The lowest BCUT2D eigenvalue weighted by Crippen LogP contribution is -2.43. The Morgan fingerprint density at radius 2 is 2.00 bits per heavy atom. The first-order valence-corrected chi connectivity index (χ1v) is 10.3. The quantitative estimate of drug-likeness (QED) is 0.851. The van der Waals surface area contributed by atoms with Crippen LogP contribution in [-0.2, 0) is 13.0 Å². The average molecular weight is 398 g/mol. The lowest BCUT2D eigenvalue weighted by atomic mass is 9.91. The number of piperidine rings is 1. The number of fused-ring (bicyclic) bond motifs is 1. The van der Waals surface area contributed by atoms with Gasteiger partial charge in [-0.05, 0) is 36.3 Å². The van der Waals surface area contributed by atoms with Crippen LogP contribution in [0.5, 0.6) is 0 Å². The predicted octanol–water partition coefficient (Wildman–Crippen LogP) is 2.21. The molecule has 2 aliphatic rings. The van der Waals surface area contributed by atoms with Crippen molar-refractivity contribution < 1.29 is 14.0 Å². The van der Waals surface area contributed by atoms with Gasteiger partial charge in [0, 0.05) is 32.4 Å².